The van der Waals surface area contributed by atoms with E-state index in [0.29, 0.717) is 30.2 Å². The van der Waals surface area contributed by atoms with Crippen molar-refractivity contribution in [2.45, 2.75) is 26.9 Å². The number of carbonyl (C=O) groups excluding carboxylic acids is 1. The van der Waals surface area contributed by atoms with E-state index in [1.54, 1.807) is 30.8 Å². The number of benzene rings is 1. The van der Waals surface area contributed by atoms with Gasteiger partial charge in [-0.15, -0.1) is 0 Å². The summed E-state index contributed by atoms with van der Waals surface area (Å²) in [5.74, 6) is -0.540. The van der Waals surface area contributed by atoms with E-state index in [2.05, 4.69) is 5.10 Å². The van der Waals surface area contributed by atoms with Gasteiger partial charge >= 0.3 is 0 Å². The van der Waals surface area contributed by atoms with E-state index in [0.717, 1.165) is 5.56 Å². The van der Waals surface area contributed by atoms with Crippen molar-refractivity contribution in [2.75, 3.05) is 12.8 Å². The Bertz CT molecular complexity index is 666. The zero-order valence-corrected chi connectivity index (χ0v) is 12.4. The molecule has 0 radical (unpaired) electrons. The molecular weight excluding hydrogens is 271 g/mol. The number of carbonyl (C=O) groups is 1. The highest BCUT2D eigenvalue weighted by Crippen LogP contribution is 2.19. The summed E-state index contributed by atoms with van der Waals surface area (Å²) in [7, 11) is 1.66. The van der Waals surface area contributed by atoms with E-state index < -0.39 is 0 Å². The lowest BCUT2D eigenvalue weighted by Gasteiger charge is -2.18. The van der Waals surface area contributed by atoms with Crippen molar-refractivity contribution in [1.82, 2.24) is 14.7 Å². The molecule has 0 bridgehead atoms. The predicted molar refractivity (Wildman–Crippen MR) is 79.2 cm³/mol. The number of hydrogen-bond donors (Lipinski definition) is 1. The quantitative estimate of drug-likeness (QED) is 0.939. The van der Waals surface area contributed by atoms with Gasteiger partial charge in [-0.1, -0.05) is 12.1 Å². The molecule has 1 aromatic heterocycles. The number of rotatable bonds is 4. The van der Waals surface area contributed by atoms with Crippen molar-refractivity contribution in [3.63, 3.8) is 0 Å². The van der Waals surface area contributed by atoms with Gasteiger partial charge in [-0.2, -0.15) is 5.10 Å². The first-order chi connectivity index (χ1) is 9.93. The lowest BCUT2D eigenvalue weighted by molar-refractivity contribution is 0.0773. The highest BCUT2D eigenvalue weighted by Gasteiger charge is 2.22. The maximum Gasteiger partial charge on any atom is 0.274 e. The van der Waals surface area contributed by atoms with Crippen molar-refractivity contribution in [1.29, 1.82) is 0 Å². The molecule has 0 fully saturated rings. The van der Waals surface area contributed by atoms with Crippen LogP contribution in [0, 0.1) is 12.7 Å². The van der Waals surface area contributed by atoms with Crippen LogP contribution in [0.2, 0.25) is 0 Å². The van der Waals surface area contributed by atoms with E-state index in [1.807, 2.05) is 6.92 Å². The average molecular weight is 290 g/mol. The van der Waals surface area contributed by atoms with Gasteiger partial charge in [-0.05, 0) is 31.5 Å². The minimum Gasteiger partial charge on any atom is -0.395 e. The van der Waals surface area contributed by atoms with Crippen LogP contribution in [-0.4, -0.2) is 27.6 Å². The summed E-state index contributed by atoms with van der Waals surface area (Å²) in [6.45, 7) is 4.54. The minimum absolute atomic E-state index is 0.223. The summed E-state index contributed by atoms with van der Waals surface area (Å²) in [6, 6.07) is 6.19. The van der Waals surface area contributed by atoms with Gasteiger partial charge in [0.15, 0.2) is 0 Å². The molecule has 0 spiro atoms. The summed E-state index contributed by atoms with van der Waals surface area (Å²) in [5, 5.41) is 4.24. The van der Waals surface area contributed by atoms with E-state index in [-0.39, 0.29) is 11.7 Å². The van der Waals surface area contributed by atoms with Crippen molar-refractivity contribution in [2.24, 2.45) is 0 Å². The first-order valence-corrected chi connectivity index (χ1v) is 6.76. The van der Waals surface area contributed by atoms with Crippen molar-refractivity contribution >= 4 is 11.6 Å². The van der Waals surface area contributed by atoms with E-state index in [1.165, 1.54) is 17.0 Å². The number of halogens is 1. The second kappa shape index (κ2) is 5.95. The molecule has 112 valence electrons. The number of nitrogens with zero attached hydrogens (tertiary/aromatic N) is 3. The Morgan fingerprint density at radius 1 is 1.48 bits per heavy atom. The Labute approximate surface area is 123 Å². The third-order valence-corrected chi connectivity index (χ3v) is 3.33. The SMILES string of the molecule is CCn1nc(C)c(N)c1C(=O)N(C)Cc1cccc(F)c1. The van der Waals surface area contributed by atoms with Gasteiger partial charge in [0.05, 0.1) is 11.4 Å². The number of aromatic nitrogens is 2. The van der Waals surface area contributed by atoms with Gasteiger partial charge in [-0.25, -0.2) is 4.39 Å². The molecule has 0 unspecified atom stereocenters. The Morgan fingerprint density at radius 2 is 2.19 bits per heavy atom. The van der Waals surface area contributed by atoms with Crippen LogP contribution >= 0.6 is 0 Å². The fourth-order valence-corrected chi connectivity index (χ4v) is 2.21. The first-order valence-electron chi connectivity index (χ1n) is 6.76. The fraction of sp³-hybridized carbons (Fsp3) is 0.333. The number of aryl methyl sites for hydroxylation is 2. The van der Waals surface area contributed by atoms with Crippen molar-refractivity contribution in [3.8, 4) is 0 Å². The average Bonchev–Trinajstić information content (AvgIpc) is 2.73. The van der Waals surface area contributed by atoms with Gasteiger partial charge in [0.25, 0.3) is 5.91 Å². The molecule has 0 aliphatic rings. The molecule has 2 aromatic rings. The topological polar surface area (TPSA) is 64.2 Å². The minimum atomic E-state index is -0.317. The van der Waals surface area contributed by atoms with Gasteiger partial charge in [0, 0.05) is 20.1 Å². The Kier molecular flexibility index (Phi) is 4.26. The van der Waals surface area contributed by atoms with Crippen LogP contribution in [0.15, 0.2) is 24.3 Å². The molecule has 0 aliphatic heterocycles. The van der Waals surface area contributed by atoms with Crippen molar-refractivity contribution < 1.29 is 9.18 Å². The van der Waals surface area contributed by atoms with Crippen LogP contribution in [0.5, 0.6) is 0 Å². The normalized spacial score (nSPS) is 10.7. The lowest BCUT2D eigenvalue weighted by Crippen LogP contribution is -2.29. The third-order valence-electron chi connectivity index (χ3n) is 3.33. The Morgan fingerprint density at radius 3 is 2.81 bits per heavy atom. The number of nitrogens with two attached hydrogens (primary N) is 1. The van der Waals surface area contributed by atoms with Gasteiger partial charge in [-0.3, -0.25) is 9.48 Å². The fourth-order valence-electron chi connectivity index (χ4n) is 2.21. The first kappa shape index (κ1) is 15.0. The Hall–Kier alpha value is -2.37. The van der Waals surface area contributed by atoms with Gasteiger partial charge < -0.3 is 10.6 Å². The highest BCUT2D eigenvalue weighted by atomic mass is 19.1. The standard InChI is InChI=1S/C15H19FN4O/c1-4-20-14(13(17)10(2)18-20)15(21)19(3)9-11-6-5-7-12(16)8-11/h5-8H,4,9,17H2,1-3H3. The molecule has 1 amide bonds. The summed E-state index contributed by atoms with van der Waals surface area (Å²) in [6.07, 6.45) is 0. The lowest BCUT2D eigenvalue weighted by atomic mass is 10.2. The molecule has 2 N–H and O–H groups in total. The number of nitrogen functional groups attached to an aromatic ring is 1. The zero-order valence-electron chi connectivity index (χ0n) is 12.4. The summed E-state index contributed by atoms with van der Waals surface area (Å²) in [4.78, 5) is 14.0. The zero-order chi connectivity index (χ0) is 15.6. The second-order valence-electron chi connectivity index (χ2n) is 4.95. The number of amides is 1. The molecular formula is C15H19FN4O. The van der Waals surface area contributed by atoms with Crippen LogP contribution in [0.3, 0.4) is 0 Å². The number of hydrogen-bond acceptors (Lipinski definition) is 3. The molecule has 0 aliphatic carbocycles. The van der Waals surface area contributed by atoms with Gasteiger partial charge in [0.2, 0.25) is 0 Å². The summed E-state index contributed by atoms with van der Waals surface area (Å²) < 4.78 is 14.8. The van der Waals surface area contributed by atoms with Crippen molar-refractivity contribution in [3.05, 3.63) is 47.0 Å². The predicted octanol–water partition coefficient (Wildman–Crippen LogP) is 2.20. The maximum absolute atomic E-state index is 13.2. The number of anilines is 1. The van der Waals surface area contributed by atoms with Crippen LogP contribution in [-0.2, 0) is 13.1 Å². The largest absolute Gasteiger partial charge is 0.395 e. The molecule has 21 heavy (non-hydrogen) atoms. The molecule has 6 heteroatoms. The maximum atomic E-state index is 13.2. The molecule has 5 nitrogen and oxygen atoms in total. The molecule has 1 heterocycles. The molecule has 0 saturated carbocycles. The third kappa shape index (κ3) is 3.04. The van der Waals surface area contributed by atoms with Crippen LogP contribution in [0.25, 0.3) is 0 Å². The van der Waals surface area contributed by atoms with Crippen LogP contribution in [0.1, 0.15) is 28.7 Å². The van der Waals surface area contributed by atoms with E-state index in [9.17, 15) is 9.18 Å². The monoisotopic (exact) mass is 290 g/mol. The molecule has 1 aromatic carbocycles. The molecule has 2 rings (SSSR count). The summed E-state index contributed by atoms with van der Waals surface area (Å²) >= 11 is 0. The molecule has 0 saturated heterocycles. The smallest absolute Gasteiger partial charge is 0.274 e. The van der Waals surface area contributed by atoms with E-state index in [4.69, 9.17) is 5.73 Å². The second-order valence-corrected chi connectivity index (χ2v) is 4.95. The highest BCUT2D eigenvalue weighted by molar-refractivity contribution is 5.97. The van der Waals surface area contributed by atoms with Crippen LogP contribution in [0.4, 0.5) is 10.1 Å². The van der Waals surface area contributed by atoms with Gasteiger partial charge in [0.1, 0.15) is 11.5 Å². The molecule has 0 atom stereocenters. The summed E-state index contributed by atoms with van der Waals surface area (Å²) in [5.41, 5.74) is 8.09. The Balaban J connectivity index is 2.24. The van der Waals surface area contributed by atoms with E-state index >= 15 is 0 Å². The van der Waals surface area contributed by atoms with Crippen LogP contribution < -0.4 is 5.73 Å².